The number of rotatable bonds is 4. The van der Waals surface area contributed by atoms with Gasteiger partial charge in [-0.25, -0.2) is 17.5 Å². The van der Waals surface area contributed by atoms with Gasteiger partial charge < -0.3 is 10.8 Å². The lowest BCUT2D eigenvalue weighted by Gasteiger charge is -2.12. The van der Waals surface area contributed by atoms with Crippen molar-refractivity contribution in [1.82, 2.24) is 4.72 Å². The zero-order valence-corrected chi connectivity index (χ0v) is 9.46. The van der Waals surface area contributed by atoms with Crippen molar-refractivity contribution in [1.29, 1.82) is 0 Å². The van der Waals surface area contributed by atoms with E-state index in [1.807, 2.05) is 0 Å². The van der Waals surface area contributed by atoms with Crippen molar-refractivity contribution in [3.63, 3.8) is 0 Å². The van der Waals surface area contributed by atoms with Crippen LogP contribution in [0.4, 0.5) is 10.1 Å². The second kappa shape index (κ2) is 4.77. The van der Waals surface area contributed by atoms with Crippen molar-refractivity contribution in [3.05, 3.63) is 24.0 Å². The highest BCUT2D eigenvalue weighted by molar-refractivity contribution is 7.89. The maximum atomic E-state index is 13.3. The first-order valence-electron chi connectivity index (χ1n) is 4.55. The molecular weight excluding hydrogens is 235 g/mol. The molecule has 5 nitrogen and oxygen atoms in total. The molecule has 1 aromatic carbocycles. The third-order valence-electron chi connectivity index (χ3n) is 1.87. The number of benzene rings is 1. The monoisotopic (exact) mass is 248 g/mol. The fourth-order valence-electron chi connectivity index (χ4n) is 1.09. The molecule has 0 aliphatic heterocycles. The number of hydrogen-bond acceptors (Lipinski definition) is 4. The highest BCUT2D eigenvalue weighted by atomic mass is 32.2. The molecule has 1 atom stereocenters. The molecule has 0 bridgehead atoms. The highest BCUT2D eigenvalue weighted by Gasteiger charge is 2.21. The molecular formula is C9H13FN2O3S. The molecule has 0 aliphatic rings. The summed E-state index contributed by atoms with van der Waals surface area (Å²) in [7, 11) is -3.99. The highest BCUT2D eigenvalue weighted by Crippen LogP contribution is 2.17. The number of halogens is 1. The minimum Gasteiger partial charge on any atom is -0.399 e. The number of aliphatic hydroxyl groups is 1. The molecule has 0 heterocycles. The molecule has 0 radical (unpaired) electrons. The number of anilines is 1. The number of hydrogen-bond donors (Lipinski definition) is 3. The number of nitrogens with two attached hydrogens (primary N) is 1. The molecule has 0 amide bonds. The zero-order chi connectivity index (χ0) is 12.3. The molecule has 0 unspecified atom stereocenters. The van der Waals surface area contributed by atoms with Crippen LogP contribution in [0.15, 0.2) is 23.1 Å². The molecule has 0 spiro atoms. The zero-order valence-electron chi connectivity index (χ0n) is 8.64. The molecule has 4 N–H and O–H groups in total. The average Bonchev–Trinajstić information content (AvgIpc) is 2.20. The molecule has 0 aliphatic carbocycles. The largest absolute Gasteiger partial charge is 0.399 e. The Balaban J connectivity index is 3.12. The van der Waals surface area contributed by atoms with Crippen LogP contribution in [0.5, 0.6) is 0 Å². The minimum absolute atomic E-state index is 0.151. The molecule has 16 heavy (non-hydrogen) atoms. The first kappa shape index (κ1) is 12.9. The summed E-state index contributed by atoms with van der Waals surface area (Å²) in [5.41, 5.74) is 5.53. The number of nitrogens with one attached hydrogen (secondary N) is 1. The van der Waals surface area contributed by atoms with Crippen LogP contribution in [0.3, 0.4) is 0 Å². The normalized spacial score (nSPS) is 13.7. The fraction of sp³-hybridized carbons (Fsp3) is 0.333. The summed E-state index contributed by atoms with van der Waals surface area (Å²) < 4.78 is 38.7. The van der Waals surface area contributed by atoms with E-state index in [9.17, 15) is 12.8 Å². The minimum atomic E-state index is -3.99. The number of aliphatic hydroxyl groups excluding tert-OH is 1. The van der Waals surface area contributed by atoms with E-state index in [0.29, 0.717) is 0 Å². The van der Waals surface area contributed by atoms with Gasteiger partial charge in [-0.15, -0.1) is 0 Å². The summed E-state index contributed by atoms with van der Waals surface area (Å²) in [6.45, 7) is 1.09. The molecule has 0 saturated heterocycles. The lowest BCUT2D eigenvalue weighted by molar-refractivity contribution is 0.265. The Bertz CT molecular complexity index is 476. The Morgan fingerprint density at radius 1 is 1.56 bits per heavy atom. The van der Waals surface area contributed by atoms with Crippen molar-refractivity contribution < 1.29 is 17.9 Å². The molecule has 7 heteroatoms. The third kappa shape index (κ3) is 2.91. The van der Waals surface area contributed by atoms with Crippen LogP contribution in [0, 0.1) is 5.82 Å². The van der Waals surface area contributed by atoms with E-state index < -0.39 is 26.8 Å². The fourth-order valence-corrected chi connectivity index (χ4v) is 2.44. The van der Waals surface area contributed by atoms with E-state index in [-0.39, 0.29) is 12.3 Å². The lowest BCUT2D eigenvalue weighted by Crippen LogP contribution is -2.35. The summed E-state index contributed by atoms with van der Waals surface area (Å²) in [6, 6.07) is 2.59. The van der Waals surface area contributed by atoms with Crippen molar-refractivity contribution in [2.24, 2.45) is 0 Å². The molecule has 0 aromatic heterocycles. The summed E-state index contributed by atoms with van der Waals surface area (Å²) in [5.74, 6) is -0.883. The van der Waals surface area contributed by atoms with Gasteiger partial charge >= 0.3 is 0 Å². The van der Waals surface area contributed by atoms with Crippen molar-refractivity contribution in [2.45, 2.75) is 17.9 Å². The van der Waals surface area contributed by atoms with Crippen LogP contribution in [0.25, 0.3) is 0 Å². The summed E-state index contributed by atoms with van der Waals surface area (Å²) in [5, 5.41) is 8.72. The molecule has 1 rings (SSSR count). The van der Waals surface area contributed by atoms with Crippen LogP contribution in [0.1, 0.15) is 6.92 Å². The van der Waals surface area contributed by atoms with Gasteiger partial charge in [-0.2, -0.15) is 0 Å². The van der Waals surface area contributed by atoms with E-state index in [1.165, 1.54) is 13.0 Å². The Kier molecular flexibility index (Phi) is 3.84. The Hall–Kier alpha value is -1.18. The van der Waals surface area contributed by atoms with E-state index in [1.54, 1.807) is 0 Å². The number of sulfonamides is 1. The average molecular weight is 248 g/mol. The SMILES string of the molecule is C[C@@H](CO)NS(=O)(=O)c1cc(N)ccc1F. The predicted molar refractivity (Wildman–Crippen MR) is 57.7 cm³/mol. The Morgan fingerprint density at radius 3 is 2.75 bits per heavy atom. The van der Waals surface area contributed by atoms with Crippen LogP contribution in [-0.4, -0.2) is 26.2 Å². The van der Waals surface area contributed by atoms with Gasteiger partial charge in [0.25, 0.3) is 0 Å². The van der Waals surface area contributed by atoms with Crippen molar-refractivity contribution in [3.8, 4) is 0 Å². The molecule has 0 fully saturated rings. The van der Waals surface area contributed by atoms with Crippen LogP contribution < -0.4 is 10.5 Å². The van der Waals surface area contributed by atoms with E-state index in [0.717, 1.165) is 12.1 Å². The molecule has 0 saturated carbocycles. The van der Waals surface area contributed by atoms with Gasteiger partial charge in [0.1, 0.15) is 10.7 Å². The second-order valence-corrected chi connectivity index (χ2v) is 5.08. The lowest BCUT2D eigenvalue weighted by atomic mass is 10.3. The summed E-state index contributed by atoms with van der Waals surface area (Å²) in [4.78, 5) is -0.521. The van der Waals surface area contributed by atoms with E-state index in [4.69, 9.17) is 10.8 Å². The third-order valence-corrected chi connectivity index (χ3v) is 3.48. The molecule has 1 aromatic rings. The quantitative estimate of drug-likeness (QED) is 0.657. The smallest absolute Gasteiger partial charge is 0.243 e. The van der Waals surface area contributed by atoms with Gasteiger partial charge in [0.05, 0.1) is 6.61 Å². The Morgan fingerprint density at radius 2 is 2.19 bits per heavy atom. The Labute approximate surface area is 93.1 Å². The summed E-state index contributed by atoms with van der Waals surface area (Å²) >= 11 is 0. The standard InChI is InChI=1S/C9H13FN2O3S/c1-6(5-13)12-16(14,15)9-4-7(11)2-3-8(9)10/h2-4,6,12-13H,5,11H2,1H3/t6-/m0/s1. The second-order valence-electron chi connectivity index (χ2n) is 3.39. The van der Waals surface area contributed by atoms with Crippen LogP contribution >= 0.6 is 0 Å². The summed E-state index contributed by atoms with van der Waals surface area (Å²) in [6.07, 6.45) is 0. The van der Waals surface area contributed by atoms with Crippen molar-refractivity contribution >= 4 is 15.7 Å². The number of nitrogen functional groups attached to an aromatic ring is 1. The first-order chi connectivity index (χ1) is 7.36. The van der Waals surface area contributed by atoms with Gasteiger partial charge in [-0.1, -0.05) is 0 Å². The van der Waals surface area contributed by atoms with E-state index >= 15 is 0 Å². The van der Waals surface area contributed by atoms with Crippen LogP contribution in [-0.2, 0) is 10.0 Å². The van der Waals surface area contributed by atoms with Gasteiger partial charge in [-0.3, -0.25) is 0 Å². The maximum absolute atomic E-state index is 13.3. The van der Waals surface area contributed by atoms with E-state index in [2.05, 4.69) is 4.72 Å². The van der Waals surface area contributed by atoms with Gasteiger partial charge in [0.2, 0.25) is 10.0 Å². The maximum Gasteiger partial charge on any atom is 0.243 e. The van der Waals surface area contributed by atoms with Gasteiger partial charge in [-0.05, 0) is 25.1 Å². The van der Waals surface area contributed by atoms with Gasteiger partial charge in [0, 0.05) is 11.7 Å². The van der Waals surface area contributed by atoms with Crippen LogP contribution in [0.2, 0.25) is 0 Å². The van der Waals surface area contributed by atoms with Gasteiger partial charge in [0.15, 0.2) is 0 Å². The predicted octanol–water partition coefficient (Wildman–Crippen LogP) is 0.0670. The topological polar surface area (TPSA) is 92.4 Å². The first-order valence-corrected chi connectivity index (χ1v) is 6.03. The van der Waals surface area contributed by atoms with Crippen molar-refractivity contribution in [2.75, 3.05) is 12.3 Å². The molecule has 90 valence electrons.